The van der Waals surface area contributed by atoms with Crippen molar-refractivity contribution in [3.63, 3.8) is 0 Å². The van der Waals surface area contributed by atoms with Gasteiger partial charge in [-0.05, 0) is 13.0 Å². The molecule has 1 aromatic carbocycles. The first-order valence-corrected chi connectivity index (χ1v) is 9.69. The largest absolute Gasteiger partial charge is 0.506 e. The molecule has 0 aliphatic heterocycles. The second-order valence-electron chi connectivity index (χ2n) is 6.28. The van der Waals surface area contributed by atoms with Gasteiger partial charge >= 0.3 is 0 Å². The van der Waals surface area contributed by atoms with Gasteiger partial charge in [-0.25, -0.2) is 0 Å². The molecule has 1 aromatic rings. The predicted molar refractivity (Wildman–Crippen MR) is 96.7 cm³/mol. The normalized spacial score (nSPS) is 13.0. The summed E-state index contributed by atoms with van der Waals surface area (Å²) in [5.41, 5.74) is 0.201. The van der Waals surface area contributed by atoms with Gasteiger partial charge in [-0.3, -0.25) is 4.79 Å². The van der Waals surface area contributed by atoms with Crippen molar-refractivity contribution in [2.45, 2.75) is 64.2 Å². The van der Waals surface area contributed by atoms with Gasteiger partial charge in [0.15, 0.2) is 5.78 Å². The number of aromatic hydroxyl groups is 1. The van der Waals surface area contributed by atoms with E-state index < -0.39 is 10.3 Å². The number of hydrogen-bond donors (Lipinski definition) is 1. The smallest absolute Gasteiger partial charge is 0.163 e. The van der Waals surface area contributed by atoms with Gasteiger partial charge in [0, 0.05) is 21.8 Å². The third-order valence-corrected chi connectivity index (χ3v) is 9.06. The Morgan fingerprint density at radius 2 is 1.55 bits per heavy atom. The quantitative estimate of drug-likeness (QED) is 0.684. The van der Waals surface area contributed by atoms with Crippen LogP contribution in [0.3, 0.4) is 0 Å². The molecular weight excluding hydrogens is 320 g/mol. The summed E-state index contributed by atoms with van der Waals surface area (Å²) < 4.78 is 6.45. The fourth-order valence-corrected chi connectivity index (χ4v) is 7.46. The Kier molecular flexibility index (Phi) is 6.22. The third-order valence-electron chi connectivity index (χ3n) is 3.87. The maximum absolute atomic E-state index is 11.7. The number of ketones is 1. The highest BCUT2D eigenvalue weighted by molar-refractivity contribution is 8.31. The average Bonchev–Trinajstić information content (AvgIpc) is 2.37. The lowest BCUT2D eigenvalue weighted by Gasteiger charge is -2.50. The lowest BCUT2D eigenvalue weighted by Crippen LogP contribution is -2.33. The number of carbonyl (C=O) groups excluding carboxylic acids is 1. The first-order chi connectivity index (χ1) is 10.0. The van der Waals surface area contributed by atoms with Gasteiger partial charge in [-0.2, -0.15) is 0 Å². The van der Waals surface area contributed by atoms with Crippen molar-refractivity contribution in [1.82, 2.24) is 0 Å². The maximum Gasteiger partial charge on any atom is 0.163 e. The number of carbonyl (C=O) groups is 1. The molecule has 0 aromatic heterocycles. The van der Waals surface area contributed by atoms with Gasteiger partial charge in [0.25, 0.3) is 0 Å². The minimum Gasteiger partial charge on any atom is -0.506 e. The molecule has 0 spiro atoms. The molecule has 0 atom stereocenters. The zero-order chi connectivity index (χ0) is 17.2. The van der Waals surface area contributed by atoms with Gasteiger partial charge in [0.05, 0.1) is 10.6 Å². The summed E-state index contributed by atoms with van der Waals surface area (Å²) in [6, 6.07) is 3.19. The molecule has 0 radical (unpaired) electrons. The third kappa shape index (κ3) is 3.54. The molecule has 126 valence electrons. The minimum absolute atomic E-state index is 0.146. The fraction of sp³-hybridized carbons (Fsp3) is 0.588. The van der Waals surface area contributed by atoms with Crippen molar-refractivity contribution in [3.8, 4) is 11.5 Å². The van der Waals surface area contributed by atoms with Crippen LogP contribution in [0.15, 0.2) is 12.1 Å². The van der Waals surface area contributed by atoms with E-state index in [-0.39, 0.29) is 22.1 Å². The molecule has 3 nitrogen and oxygen atoms in total. The van der Waals surface area contributed by atoms with Crippen LogP contribution in [0.1, 0.15) is 58.8 Å². The van der Waals surface area contributed by atoms with Crippen LogP contribution in [0, 0.1) is 0 Å². The molecule has 22 heavy (non-hydrogen) atoms. The lowest BCUT2D eigenvalue weighted by molar-refractivity contribution is 0.101. The molecule has 0 aliphatic carbocycles. The molecule has 1 N–H and O–H groups in total. The molecule has 1 rings (SSSR count). The van der Waals surface area contributed by atoms with Gasteiger partial charge in [-0.1, -0.05) is 63.5 Å². The monoisotopic (exact) mass is 346 g/mol. The average molecular weight is 347 g/mol. The summed E-state index contributed by atoms with van der Waals surface area (Å²) in [6.45, 7) is 14.4. The SMILES string of the molecule is CC(=O)c1cc(OS(C(C)C)(C(C)C)C(C)C)cc(Cl)c1O. The van der Waals surface area contributed by atoms with Gasteiger partial charge in [-0.15, -0.1) is 0 Å². The zero-order valence-electron chi connectivity index (χ0n) is 14.4. The van der Waals surface area contributed by atoms with E-state index in [1.165, 1.54) is 6.92 Å². The molecule has 0 unspecified atom stereocenters. The summed E-state index contributed by atoms with van der Waals surface area (Å²) in [5.74, 6) is 0.143. The predicted octanol–water partition coefficient (Wildman–Crippen LogP) is 5.57. The van der Waals surface area contributed by atoms with Crippen LogP contribution in [0.5, 0.6) is 11.5 Å². The van der Waals surface area contributed by atoms with Crippen LogP contribution in [0.25, 0.3) is 0 Å². The number of Topliss-reactive ketones (excluding diaryl/α,β-unsaturated/α-hetero) is 1. The van der Waals surface area contributed by atoms with Crippen molar-refractivity contribution in [3.05, 3.63) is 22.7 Å². The van der Waals surface area contributed by atoms with E-state index in [1.54, 1.807) is 12.1 Å². The fourth-order valence-electron chi connectivity index (χ4n) is 2.98. The van der Waals surface area contributed by atoms with E-state index in [0.29, 0.717) is 21.5 Å². The topological polar surface area (TPSA) is 46.5 Å². The molecule has 0 amide bonds. The Hall–Kier alpha value is -0.870. The van der Waals surface area contributed by atoms with E-state index in [4.69, 9.17) is 15.8 Å². The molecule has 0 saturated carbocycles. The Morgan fingerprint density at radius 1 is 1.09 bits per heavy atom. The number of hydrogen-bond acceptors (Lipinski definition) is 3. The van der Waals surface area contributed by atoms with Crippen molar-refractivity contribution in [2.75, 3.05) is 0 Å². The highest BCUT2D eigenvalue weighted by Gasteiger charge is 2.37. The van der Waals surface area contributed by atoms with E-state index in [0.717, 1.165) is 0 Å². The second kappa shape index (κ2) is 7.14. The van der Waals surface area contributed by atoms with E-state index >= 15 is 0 Å². The van der Waals surface area contributed by atoms with Gasteiger partial charge in [0.2, 0.25) is 0 Å². The number of phenols is 1. The van der Waals surface area contributed by atoms with Crippen molar-refractivity contribution in [2.24, 2.45) is 0 Å². The molecule has 5 heteroatoms. The molecule has 0 saturated heterocycles. The van der Waals surface area contributed by atoms with Crippen LogP contribution < -0.4 is 4.18 Å². The van der Waals surface area contributed by atoms with Crippen LogP contribution in [0.4, 0.5) is 0 Å². The Balaban J connectivity index is 3.39. The highest BCUT2D eigenvalue weighted by atomic mass is 35.5. The Labute approximate surface area is 140 Å². The number of halogens is 1. The summed E-state index contributed by atoms with van der Waals surface area (Å²) in [7, 11) is -1.42. The van der Waals surface area contributed by atoms with Crippen LogP contribution in [-0.2, 0) is 0 Å². The maximum atomic E-state index is 11.7. The highest BCUT2D eigenvalue weighted by Crippen LogP contribution is 2.61. The summed E-state index contributed by atoms with van der Waals surface area (Å²) in [5, 5.41) is 11.1. The lowest BCUT2D eigenvalue weighted by atomic mass is 10.1. The summed E-state index contributed by atoms with van der Waals surface area (Å²) in [4.78, 5) is 11.7. The van der Waals surface area contributed by atoms with E-state index in [2.05, 4.69) is 41.5 Å². The first kappa shape index (κ1) is 19.2. The molecule has 0 fully saturated rings. The molecule has 0 heterocycles. The number of rotatable bonds is 6. The Bertz CT molecular complexity index is 531. The van der Waals surface area contributed by atoms with Crippen LogP contribution >= 0.6 is 21.9 Å². The summed E-state index contributed by atoms with van der Waals surface area (Å²) >= 11 is 6.06. The van der Waals surface area contributed by atoms with Crippen molar-refractivity contribution in [1.29, 1.82) is 0 Å². The number of phenolic OH excluding ortho intramolecular Hbond substituents is 1. The zero-order valence-corrected chi connectivity index (χ0v) is 16.0. The standard InChI is InChI=1S/C17H27ClO3S/c1-10(2)22(11(3)4,12(5)6)21-14-8-15(13(7)19)17(20)16(18)9-14/h8-12,20H,1-7H3. The number of benzene rings is 1. The Morgan fingerprint density at radius 3 is 1.91 bits per heavy atom. The van der Waals surface area contributed by atoms with E-state index in [9.17, 15) is 9.90 Å². The molecular formula is C17H27ClO3S. The van der Waals surface area contributed by atoms with Gasteiger partial charge < -0.3 is 9.29 Å². The van der Waals surface area contributed by atoms with Crippen molar-refractivity contribution >= 4 is 27.7 Å². The molecule has 0 aliphatic rings. The van der Waals surface area contributed by atoms with Crippen molar-refractivity contribution < 1.29 is 14.1 Å². The minimum atomic E-state index is -1.42. The van der Waals surface area contributed by atoms with Crippen LogP contribution in [0.2, 0.25) is 5.02 Å². The first-order valence-electron chi connectivity index (χ1n) is 7.56. The second-order valence-corrected chi connectivity index (χ2v) is 11.1. The summed E-state index contributed by atoms with van der Waals surface area (Å²) in [6.07, 6.45) is 0. The van der Waals surface area contributed by atoms with Crippen LogP contribution in [-0.4, -0.2) is 26.6 Å². The van der Waals surface area contributed by atoms with Gasteiger partial charge in [0.1, 0.15) is 11.5 Å². The molecule has 0 bridgehead atoms. The van der Waals surface area contributed by atoms with E-state index in [1.807, 2.05) is 0 Å².